The van der Waals surface area contributed by atoms with E-state index in [1.54, 1.807) is 72.8 Å². The molecule has 1 atom stereocenters. The van der Waals surface area contributed by atoms with Crippen molar-refractivity contribution >= 4 is 34.7 Å². The van der Waals surface area contributed by atoms with E-state index >= 15 is 0 Å². The number of aliphatic hydroxyl groups excluding tert-OH is 1. The van der Waals surface area contributed by atoms with Gasteiger partial charge >= 0.3 is 0 Å². The summed E-state index contributed by atoms with van der Waals surface area (Å²) in [6, 6.07) is 19.5. The molecule has 1 amide bonds. The van der Waals surface area contributed by atoms with E-state index in [-0.39, 0.29) is 11.3 Å². The second kappa shape index (κ2) is 8.77. The van der Waals surface area contributed by atoms with E-state index < -0.39 is 17.7 Å². The number of carbonyl (C=O) groups is 2. The van der Waals surface area contributed by atoms with Crippen molar-refractivity contribution < 1.29 is 24.2 Å². The molecule has 1 aliphatic rings. The number of nitrogens with zero attached hydrogens (tertiary/aromatic N) is 1. The Morgan fingerprint density at radius 3 is 2.28 bits per heavy atom. The van der Waals surface area contributed by atoms with Crippen molar-refractivity contribution in [3.05, 3.63) is 94.5 Å². The molecule has 1 heterocycles. The Morgan fingerprint density at radius 1 is 0.906 bits per heavy atom. The molecule has 0 aromatic heterocycles. The molecule has 4 rings (SSSR count). The number of amides is 1. The molecule has 3 aromatic rings. The molecule has 3 aromatic carbocycles. The van der Waals surface area contributed by atoms with Gasteiger partial charge in [0.2, 0.25) is 0 Å². The number of methoxy groups -OCH3 is 2. The second-order valence-electron chi connectivity index (χ2n) is 7.13. The van der Waals surface area contributed by atoms with E-state index in [1.807, 2.05) is 0 Å². The molecule has 1 aliphatic heterocycles. The lowest BCUT2D eigenvalue weighted by Crippen LogP contribution is -2.29. The van der Waals surface area contributed by atoms with E-state index in [9.17, 15) is 14.7 Å². The van der Waals surface area contributed by atoms with Crippen molar-refractivity contribution in [1.29, 1.82) is 0 Å². The van der Waals surface area contributed by atoms with Crippen molar-refractivity contribution in [3.63, 3.8) is 0 Å². The van der Waals surface area contributed by atoms with Gasteiger partial charge in [0.25, 0.3) is 11.7 Å². The molecule has 0 unspecified atom stereocenters. The maximum Gasteiger partial charge on any atom is 0.300 e. The largest absolute Gasteiger partial charge is 0.507 e. The third-order valence-corrected chi connectivity index (χ3v) is 5.54. The van der Waals surface area contributed by atoms with Gasteiger partial charge in [-0.1, -0.05) is 54.1 Å². The molecule has 1 N–H and O–H groups in total. The topological polar surface area (TPSA) is 76.1 Å². The summed E-state index contributed by atoms with van der Waals surface area (Å²) in [5.41, 5.74) is 1.42. The van der Waals surface area contributed by atoms with Crippen molar-refractivity contribution in [3.8, 4) is 11.5 Å². The lowest BCUT2D eigenvalue weighted by molar-refractivity contribution is -0.132. The first-order valence-corrected chi connectivity index (χ1v) is 10.2. The van der Waals surface area contributed by atoms with Gasteiger partial charge in [-0.05, 0) is 35.9 Å². The van der Waals surface area contributed by atoms with Crippen LogP contribution in [0.5, 0.6) is 11.5 Å². The van der Waals surface area contributed by atoms with E-state index in [2.05, 4.69) is 0 Å². The van der Waals surface area contributed by atoms with Crippen molar-refractivity contribution in [2.45, 2.75) is 6.04 Å². The number of hydrogen-bond donors (Lipinski definition) is 1. The molecule has 1 fully saturated rings. The van der Waals surface area contributed by atoms with Crippen molar-refractivity contribution in [1.82, 2.24) is 0 Å². The number of hydrogen-bond acceptors (Lipinski definition) is 5. The number of halogens is 1. The summed E-state index contributed by atoms with van der Waals surface area (Å²) < 4.78 is 10.7. The SMILES string of the molecule is COc1ccc([C@@H]2/C(=C(\O)c3ccccc3)C(=O)C(=O)N2c2cccc(Cl)c2)cc1OC. The number of Topliss-reactive ketones (excluding diaryl/α,β-unsaturated/α-hetero) is 1. The van der Waals surface area contributed by atoms with Crippen LogP contribution in [0.25, 0.3) is 5.76 Å². The Kier molecular flexibility index (Phi) is 5.88. The van der Waals surface area contributed by atoms with Crippen LogP contribution in [0.2, 0.25) is 5.02 Å². The highest BCUT2D eigenvalue weighted by Gasteiger charge is 2.47. The molecule has 0 radical (unpaired) electrons. The highest BCUT2D eigenvalue weighted by atomic mass is 35.5. The maximum atomic E-state index is 13.2. The first-order valence-electron chi connectivity index (χ1n) is 9.80. The zero-order valence-electron chi connectivity index (χ0n) is 17.4. The van der Waals surface area contributed by atoms with E-state index in [4.69, 9.17) is 21.1 Å². The average molecular weight is 450 g/mol. The molecule has 0 bridgehead atoms. The van der Waals surface area contributed by atoms with Crippen LogP contribution in [0, 0.1) is 0 Å². The predicted molar refractivity (Wildman–Crippen MR) is 122 cm³/mol. The van der Waals surface area contributed by atoms with Gasteiger partial charge in [-0.25, -0.2) is 0 Å². The minimum absolute atomic E-state index is 0.0200. The fraction of sp³-hybridized carbons (Fsp3) is 0.120. The van der Waals surface area contributed by atoms with Crippen LogP contribution < -0.4 is 14.4 Å². The number of carbonyl (C=O) groups excluding carboxylic acids is 2. The van der Waals surface area contributed by atoms with Crippen LogP contribution in [0.1, 0.15) is 17.2 Å². The van der Waals surface area contributed by atoms with E-state index in [0.717, 1.165) is 0 Å². The third kappa shape index (κ3) is 3.69. The van der Waals surface area contributed by atoms with Gasteiger partial charge < -0.3 is 14.6 Å². The van der Waals surface area contributed by atoms with Crippen LogP contribution in [0.3, 0.4) is 0 Å². The fourth-order valence-corrected chi connectivity index (χ4v) is 4.00. The number of aliphatic hydroxyl groups is 1. The van der Waals surface area contributed by atoms with Gasteiger partial charge in [0, 0.05) is 16.3 Å². The summed E-state index contributed by atoms with van der Waals surface area (Å²) in [6.07, 6.45) is 0. The monoisotopic (exact) mass is 449 g/mol. The van der Waals surface area contributed by atoms with E-state index in [0.29, 0.717) is 33.3 Å². The Labute approximate surface area is 190 Å². The standard InChI is InChI=1S/C25H20ClNO5/c1-31-19-12-11-16(13-20(19)32-2)22-21(23(28)15-7-4-3-5-8-15)24(29)25(30)27(22)18-10-6-9-17(26)14-18/h3-14,22,28H,1-2H3/b23-21+/t22-/m1/s1. The zero-order valence-corrected chi connectivity index (χ0v) is 18.2. The number of ether oxygens (including phenoxy) is 2. The normalized spacial score (nSPS) is 17.5. The van der Waals surface area contributed by atoms with Crippen LogP contribution in [-0.4, -0.2) is 31.0 Å². The van der Waals surface area contributed by atoms with Gasteiger partial charge in [0.1, 0.15) is 5.76 Å². The fourth-order valence-electron chi connectivity index (χ4n) is 3.81. The second-order valence-corrected chi connectivity index (χ2v) is 7.57. The quantitative estimate of drug-likeness (QED) is 0.337. The zero-order chi connectivity index (χ0) is 22.8. The summed E-state index contributed by atoms with van der Waals surface area (Å²) in [7, 11) is 3.02. The molecule has 0 saturated carbocycles. The molecular formula is C25H20ClNO5. The summed E-state index contributed by atoms with van der Waals surface area (Å²) in [6.45, 7) is 0. The Balaban J connectivity index is 1.97. The molecule has 0 spiro atoms. The molecule has 32 heavy (non-hydrogen) atoms. The molecule has 1 saturated heterocycles. The smallest absolute Gasteiger partial charge is 0.300 e. The molecular weight excluding hydrogens is 430 g/mol. The summed E-state index contributed by atoms with van der Waals surface area (Å²) in [4.78, 5) is 27.6. The maximum absolute atomic E-state index is 13.2. The molecule has 6 nitrogen and oxygen atoms in total. The van der Waals surface area contributed by atoms with Crippen LogP contribution in [-0.2, 0) is 9.59 Å². The van der Waals surface area contributed by atoms with Gasteiger partial charge in [0.15, 0.2) is 11.5 Å². The van der Waals surface area contributed by atoms with Gasteiger partial charge in [0.05, 0.1) is 25.8 Å². The highest BCUT2D eigenvalue weighted by Crippen LogP contribution is 2.44. The van der Waals surface area contributed by atoms with Gasteiger partial charge in [-0.3, -0.25) is 14.5 Å². The summed E-state index contributed by atoms with van der Waals surface area (Å²) >= 11 is 6.16. The summed E-state index contributed by atoms with van der Waals surface area (Å²) in [5.74, 6) is -0.871. The van der Waals surface area contributed by atoms with Gasteiger partial charge in [-0.15, -0.1) is 0 Å². The lowest BCUT2D eigenvalue weighted by atomic mass is 9.94. The van der Waals surface area contributed by atoms with Crippen molar-refractivity contribution in [2.24, 2.45) is 0 Å². The number of benzene rings is 3. The van der Waals surface area contributed by atoms with Crippen molar-refractivity contribution in [2.75, 3.05) is 19.1 Å². The first kappa shape index (κ1) is 21.5. The Bertz CT molecular complexity index is 1220. The highest BCUT2D eigenvalue weighted by molar-refractivity contribution is 6.51. The third-order valence-electron chi connectivity index (χ3n) is 5.30. The van der Waals surface area contributed by atoms with E-state index in [1.165, 1.54) is 19.1 Å². The number of ketones is 1. The summed E-state index contributed by atoms with van der Waals surface area (Å²) in [5, 5.41) is 11.5. The number of anilines is 1. The first-order chi connectivity index (χ1) is 15.5. The molecule has 7 heteroatoms. The Morgan fingerprint density at radius 2 is 1.62 bits per heavy atom. The minimum Gasteiger partial charge on any atom is -0.507 e. The molecule has 0 aliphatic carbocycles. The Hall–Kier alpha value is -3.77. The minimum atomic E-state index is -0.895. The van der Waals surface area contributed by atoms with Crippen LogP contribution >= 0.6 is 11.6 Å². The van der Waals surface area contributed by atoms with Crippen LogP contribution in [0.15, 0.2) is 78.4 Å². The average Bonchev–Trinajstić information content (AvgIpc) is 3.09. The van der Waals surface area contributed by atoms with Crippen LogP contribution in [0.4, 0.5) is 5.69 Å². The predicted octanol–water partition coefficient (Wildman–Crippen LogP) is 4.98. The lowest BCUT2D eigenvalue weighted by Gasteiger charge is -2.26. The number of rotatable bonds is 5. The molecule has 162 valence electrons. The van der Waals surface area contributed by atoms with Gasteiger partial charge in [-0.2, -0.15) is 0 Å².